The average Bonchev–Trinajstić information content (AvgIpc) is 2.72. The molecule has 0 aromatic heterocycles. The van der Waals surface area contributed by atoms with Crippen molar-refractivity contribution in [3.63, 3.8) is 0 Å². The summed E-state index contributed by atoms with van der Waals surface area (Å²) in [5.41, 5.74) is 2.36. The van der Waals surface area contributed by atoms with Gasteiger partial charge in [-0.3, -0.25) is 9.59 Å². The van der Waals surface area contributed by atoms with Crippen LogP contribution in [0.15, 0.2) is 42.5 Å². The molecular weight excluding hydrogens is 360 g/mol. The smallest absolute Gasteiger partial charge is 0.325 e. The Morgan fingerprint density at radius 3 is 2.50 bits per heavy atom. The molecule has 0 radical (unpaired) electrons. The lowest BCUT2D eigenvalue weighted by molar-refractivity contribution is -0.148. The fourth-order valence-corrected chi connectivity index (χ4v) is 2.53. The highest BCUT2D eigenvalue weighted by Crippen LogP contribution is 2.27. The Balaban J connectivity index is 2.13. The largest absolute Gasteiger partial charge is 0.493 e. The van der Waals surface area contributed by atoms with E-state index < -0.39 is 5.97 Å². The number of hydrogen-bond donors (Lipinski definition) is 0. The lowest BCUT2D eigenvalue weighted by atomic mass is 10.1. The summed E-state index contributed by atoms with van der Waals surface area (Å²) in [7, 11) is 2.73. The van der Waals surface area contributed by atoms with Gasteiger partial charge in [-0.2, -0.15) is 5.26 Å². The van der Waals surface area contributed by atoms with E-state index in [0.29, 0.717) is 17.1 Å². The normalized spacial score (nSPS) is 9.93. The molecule has 0 aliphatic heterocycles. The van der Waals surface area contributed by atoms with Crippen LogP contribution >= 0.6 is 0 Å². The zero-order valence-electron chi connectivity index (χ0n) is 16.1. The average molecular weight is 382 g/mol. The van der Waals surface area contributed by atoms with Gasteiger partial charge in [-0.15, -0.1) is 0 Å². The first-order chi connectivity index (χ1) is 13.5. The molecule has 2 aromatic carbocycles. The van der Waals surface area contributed by atoms with Crippen LogP contribution in [0.1, 0.15) is 16.7 Å². The topological polar surface area (TPSA) is 88.9 Å². The molecule has 0 bridgehead atoms. The first kappa shape index (κ1) is 20.8. The van der Waals surface area contributed by atoms with E-state index in [4.69, 9.17) is 19.5 Å². The summed E-state index contributed by atoms with van der Waals surface area (Å²) in [5, 5.41) is 8.96. The quantitative estimate of drug-likeness (QED) is 0.652. The second-order valence-electron chi connectivity index (χ2n) is 6.02. The molecule has 2 rings (SSSR count). The van der Waals surface area contributed by atoms with Crippen LogP contribution in [0.5, 0.6) is 11.5 Å². The summed E-state index contributed by atoms with van der Waals surface area (Å²) in [5.74, 6) is -0.202. The predicted molar refractivity (Wildman–Crippen MR) is 102 cm³/mol. The second-order valence-corrected chi connectivity index (χ2v) is 6.02. The number of aryl methyl sites for hydroxylation is 1. The molecular formula is C21H22N2O5. The molecule has 0 spiro atoms. The van der Waals surface area contributed by atoms with Crippen molar-refractivity contribution in [2.45, 2.75) is 13.5 Å². The van der Waals surface area contributed by atoms with Crippen molar-refractivity contribution in [3.05, 3.63) is 59.2 Å². The molecule has 146 valence electrons. The molecule has 28 heavy (non-hydrogen) atoms. The number of nitrogens with zero attached hydrogens (tertiary/aromatic N) is 2. The molecule has 0 atom stereocenters. The van der Waals surface area contributed by atoms with E-state index in [9.17, 15) is 9.59 Å². The molecule has 0 aliphatic carbocycles. The van der Waals surface area contributed by atoms with Gasteiger partial charge in [-0.25, -0.2) is 0 Å². The van der Waals surface area contributed by atoms with Gasteiger partial charge in [0.1, 0.15) is 6.54 Å². The van der Waals surface area contributed by atoms with Crippen molar-refractivity contribution in [2.24, 2.45) is 0 Å². The van der Waals surface area contributed by atoms with Crippen LogP contribution in [0, 0.1) is 18.3 Å². The number of benzene rings is 2. The number of hydrogen-bond acceptors (Lipinski definition) is 6. The van der Waals surface area contributed by atoms with Crippen LogP contribution in [-0.4, -0.2) is 44.1 Å². The van der Waals surface area contributed by atoms with E-state index in [1.54, 1.807) is 12.1 Å². The van der Waals surface area contributed by atoms with Gasteiger partial charge in [0.05, 0.1) is 25.9 Å². The monoisotopic (exact) mass is 382 g/mol. The van der Waals surface area contributed by atoms with Crippen molar-refractivity contribution in [1.29, 1.82) is 5.26 Å². The standard InChI is InChI=1S/C21H22N2O5/c1-15-6-4-5-7-17(15)12-23(13-21(25)27-3)20(24)14-28-18-9-8-16(11-22)10-19(18)26-2/h4-10H,12-14H2,1-3H3. The summed E-state index contributed by atoms with van der Waals surface area (Å²) in [4.78, 5) is 25.8. The third kappa shape index (κ3) is 5.48. The number of carbonyl (C=O) groups excluding carboxylic acids is 2. The van der Waals surface area contributed by atoms with Gasteiger partial charge in [0.15, 0.2) is 18.1 Å². The highest BCUT2D eigenvalue weighted by atomic mass is 16.5. The lowest BCUT2D eigenvalue weighted by Gasteiger charge is -2.23. The van der Waals surface area contributed by atoms with Crippen LogP contribution in [-0.2, 0) is 20.9 Å². The number of carbonyl (C=O) groups is 2. The number of rotatable bonds is 8. The van der Waals surface area contributed by atoms with E-state index in [1.165, 1.54) is 25.2 Å². The van der Waals surface area contributed by atoms with Gasteiger partial charge in [0.25, 0.3) is 5.91 Å². The van der Waals surface area contributed by atoms with Gasteiger partial charge < -0.3 is 19.1 Å². The summed E-state index contributed by atoms with van der Waals surface area (Å²) in [6.07, 6.45) is 0. The molecule has 0 unspecified atom stereocenters. The van der Waals surface area contributed by atoms with Gasteiger partial charge in [-0.05, 0) is 30.2 Å². The number of nitriles is 1. The Morgan fingerprint density at radius 2 is 1.86 bits per heavy atom. The van der Waals surface area contributed by atoms with Gasteiger partial charge >= 0.3 is 5.97 Å². The zero-order chi connectivity index (χ0) is 20.5. The number of amides is 1. The van der Waals surface area contributed by atoms with E-state index in [1.807, 2.05) is 37.3 Å². The lowest BCUT2D eigenvalue weighted by Crippen LogP contribution is -2.38. The predicted octanol–water partition coefficient (Wildman–Crippen LogP) is 2.46. The SMILES string of the molecule is COC(=O)CN(Cc1ccccc1C)C(=O)COc1ccc(C#N)cc1OC. The Hall–Kier alpha value is -3.53. The molecule has 1 amide bonds. The number of ether oxygens (including phenoxy) is 3. The highest BCUT2D eigenvalue weighted by molar-refractivity contribution is 5.83. The Morgan fingerprint density at radius 1 is 1.11 bits per heavy atom. The molecule has 7 nitrogen and oxygen atoms in total. The molecule has 2 aromatic rings. The maximum atomic E-state index is 12.7. The fraction of sp³-hybridized carbons (Fsp3) is 0.286. The zero-order valence-corrected chi connectivity index (χ0v) is 16.1. The van der Waals surface area contributed by atoms with Crippen molar-refractivity contribution >= 4 is 11.9 Å². The minimum atomic E-state index is -0.516. The first-order valence-corrected chi connectivity index (χ1v) is 8.58. The van der Waals surface area contributed by atoms with Crippen LogP contribution in [0.25, 0.3) is 0 Å². The van der Waals surface area contributed by atoms with Crippen molar-refractivity contribution in [2.75, 3.05) is 27.4 Å². The van der Waals surface area contributed by atoms with Gasteiger partial charge in [0, 0.05) is 12.6 Å². The second kappa shape index (κ2) is 9.97. The summed E-state index contributed by atoms with van der Waals surface area (Å²) < 4.78 is 15.5. The Labute approximate surface area is 164 Å². The summed E-state index contributed by atoms with van der Waals surface area (Å²) in [6, 6.07) is 14.3. The molecule has 0 fully saturated rings. The van der Waals surface area contributed by atoms with Crippen molar-refractivity contribution < 1.29 is 23.8 Å². The molecule has 0 heterocycles. The van der Waals surface area contributed by atoms with Gasteiger partial charge in [0.2, 0.25) is 0 Å². The summed E-state index contributed by atoms with van der Waals surface area (Å²) >= 11 is 0. The summed E-state index contributed by atoms with van der Waals surface area (Å²) in [6.45, 7) is 1.73. The maximum absolute atomic E-state index is 12.7. The number of methoxy groups -OCH3 is 2. The van der Waals surface area contributed by atoms with E-state index in [2.05, 4.69) is 0 Å². The van der Waals surface area contributed by atoms with E-state index >= 15 is 0 Å². The van der Waals surface area contributed by atoms with Crippen LogP contribution < -0.4 is 9.47 Å². The van der Waals surface area contributed by atoms with Gasteiger partial charge in [-0.1, -0.05) is 24.3 Å². The third-order valence-corrected chi connectivity index (χ3v) is 4.17. The molecule has 0 aliphatic rings. The minimum absolute atomic E-state index is 0.183. The first-order valence-electron chi connectivity index (χ1n) is 8.58. The molecule has 0 saturated heterocycles. The van der Waals surface area contributed by atoms with Crippen LogP contribution in [0.4, 0.5) is 0 Å². The Kier molecular flexibility index (Phi) is 7.40. The third-order valence-electron chi connectivity index (χ3n) is 4.17. The molecule has 0 N–H and O–H groups in total. The van der Waals surface area contributed by atoms with Crippen LogP contribution in [0.2, 0.25) is 0 Å². The minimum Gasteiger partial charge on any atom is -0.493 e. The van der Waals surface area contributed by atoms with Crippen molar-refractivity contribution in [1.82, 2.24) is 4.90 Å². The number of esters is 1. The molecule has 0 saturated carbocycles. The molecule has 7 heteroatoms. The van der Waals surface area contributed by atoms with E-state index in [-0.39, 0.29) is 25.6 Å². The highest BCUT2D eigenvalue weighted by Gasteiger charge is 2.20. The van der Waals surface area contributed by atoms with E-state index in [0.717, 1.165) is 11.1 Å². The fourth-order valence-electron chi connectivity index (χ4n) is 2.53. The Bertz CT molecular complexity index is 889. The van der Waals surface area contributed by atoms with Crippen molar-refractivity contribution in [3.8, 4) is 17.6 Å². The maximum Gasteiger partial charge on any atom is 0.325 e. The van der Waals surface area contributed by atoms with Crippen LogP contribution in [0.3, 0.4) is 0 Å².